The van der Waals surface area contributed by atoms with Gasteiger partial charge in [0.05, 0.1) is 0 Å². The van der Waals surface area contributed by atoms with Gasteiger partial charge in [-0.1, -0.05) is 20.8 Å². The first-order chi connectivity index (χ1) is 10.8. The standard InChI is InChI=1S/C17H33N3O4/c1-16(2,3)11-14(22)20-12(15(23)24)7-8-13(21)18-9-10-19-17(4,5)6/h12,19H,7-11H2,1-6H3,(H,18,21)(H,20,22)(H,23,24)/t12-/m0/s1. The van der Waals surface area contributed by atoms with E-state index in [-0.39, 0.29) is 42.0 Å². The van der Waals surface area contributed by atoms with Gasteiger partial charge in [0.2, 0.25) is 11.8 Å². The van der Waals surface area contributed by atoms with E-state index in [2.05, 4.69) is 16.0 Å². The number of rotatable bonds is 9. The Labute approximate surface area is 145 Å². The summed E-state index contributed by atoms with van der Waals surface area (Å²) >= 11 is 0. The highest BCUT2D eigenvalue weighted by Crippen LogP contribution is 2.18. The molecule has 0 fully saturated rings. The molecule has 140 valence electrons. The quantitative estimate of drug-likeness (QED) is 0.472. The Morgan fingerprint density at radius 2 is 1.54 bits per heavy atom. The first-order valence-corrected chi connectivity index (χ1v) is 8.34. The Bertz CT molecular complexity index is 436. The van der Waals surface area contributed by atoms with Crippen LogP contribution < -0.4 is 16.0 Å². The lowest BCUT2D eigenvalue weighted by molar-refractivity contribution is -0.142. The van der Waals surface area contributed by atoms with Crippen LogP contribution in [-0.4, -0.2) is 47.6 Å². The van der Waals surface area contributed by atoms with Crippen LogP contribution in [0.4, 0.5) is 0 Å². The Balaban J connectivity index is 4.19. The minimum atomic E-state index is -1.13. The molecule has 0 spiro atoms. The lowest BCUT2D eigenvalue weighted by Gasteiger charge is -2.21. The second kappa shape index (κ2) is 9.61. The van der Waals surface area contributed by atoms with Gasteiger partial charge in [-0.05, 0) is 32.6 Å². The van der Waals surface area contributed by atoms with Crippen LogP contribution in [-0.2, 0) is 14.4 Å². The summed E-state index contributed by atoms with van der Waals surface area (Å²) in [5.41, 5.74) is -0.235. The number of carbonyl (C=O) groups excluding carboxylic acids is 2. The fraction of sp³-hybridized carbons (Fsp3) is 0.824. The highest BCUT2D eigenvalue weighted by molar-refractivity contribution is 5.84. The summed E-state index contributed by atoms with van der Waals surface area (Å²) in [6.45, 7) is 12.9. The van der Waals surface area contributed by atoms with Crippen LogP contribution in [0.5, 0.6) is 0 Å². The van der Waals surface area contributed by atoms with Crippen molar-refractivity contribution in [3.63, 3.8) is 0 Å². The highest BCUT2D eigenvalue weighted by Gasteiger charge is 2.23. The number of amides is 2. The fourth-order valence-electron chi connectivity index (χ4n) is 1.99. The van der Waals surface area contributed by atoms with Gasteiger partial charge in [0, 0.05) is 31.5 Å². The smallest absolute Gasteiger partial charge is 0.326 e. The predicted molar refractivity (Wildman–Crippen MR) is 93.6 cm³/mol. The number of carboxylic acid groups (broad SMARTS) is 1. The third-order valence-corrected chi connectivity index (χ3v) is 3.09. The van der Waals surface area contributed by atoms with Crippen molar-refractivity contribution in [2.45, 2.75) is 72.4 Å². The molecular weight excluding hydrogens is 310 g/mol. The van der Waals surface area contributed by atoms with E-state index in [4.69, 9.17) is 0 Å². The molecule has 0 aliphatic carbocycles. The zero-order valence-corrected chi connectivity index (χ0v) is 15.8. The van der Waals surface area contributed by atoms with Crippen molar-refractivity contribution in [2.24, 2.45) is 5.41 Å². The molecule has 0 aliphatic heterocycles. The lowest BCUT2D eigenvalue weighted by Crippen LogP contribution is -2.43. The van der Waals surface area contributed by atoms with Crippen molar-refractivity contribution in [1.82, 2.24) is 16.0 Å². The number of carboxylic acids is 1. The Morgan fingerprint density at radius 3 is 2.00 bits per heavy atom. The number of hydrogen-bond acceptors (Lipinski definition) is 4. The third-order valence-electron chi connectivity index (χ3n) is 3.09. The van der Waals surface area contributed by atoms with Crippen LogP contribution in [0.3, 0.4) is 0 Å². The van der Waals surface area contributed by atoms with E-state index in [0.717, 1.165) is 0 Å². The highest BCUT2D eigenvalue weighted by atomic mass is 16.4. The predicted octanol–water partition coefficient (Wildman–Crippen LogP) is 1.28. The van der Waals surface area contributed by atoms with Gasteiger partial charge in [-0.25, -0.2) is 4.79 Å². The summed E-state index contributed by atoms with van der Waals surface area (Å²) in [6, 6.07) is -1.04. The number of aliphatic carboxylic acids is 1. The van der Waals surface area contributed by atoms with Crippen molar-refractivity contribution >= 4 is 17.8 Å². The summed E-state index contributed by atoms with van der Waals surface area (Å²) in [7, 11) is 0. The van der Waals surface area contributed by atoms with Gasteiger partial charge in [-0.2, -0.15) is 0 Å². The summed E-state index contributed by atoms with van der Waals surface area (Å²) in [4.78, 5) is 34.8. The molecule has 7 nitrogen and oxygen atoms in total. The molecule has 0 saturated carbocycles. The molecule has 24 heavy (non-hydrogen) atoms. The van der Waals surface area contributed by atoms with Gasteiger partial charge >= 0.3 is 5.97 Å². The first-order valence-electron chi connectivity index (χ1n) is 8.34. The van der Waals surface area contributed by atoms with Crippen LogP contribution in [0.1, 0.15) is 60.8 Å². The maximum absolute atomic E-state index is 11.8. The maximum atomic E-state index is 11.8. The topological polar surface area (TPSA) is 108 Å². The molecule has 1 atom stereocenters. The van der Waals surface area contributed by atoms with Gasteiger partial charge in [-0.3, -0.25) is 9.59 Å². The number of hydrogen-bond donors (Lipinski definition) is 4. The van der Waals surface area contributed by atoms with Crippen LogP contribution in [0.15, 0.2) is 0 Å². The summed E-state index contributed by atoms with van der Waals surface area (Å²) in [5.74, 6) is -1.66. The van der Waals surface area contributed by atoms with Gasteiger partial charge in [0.25, 0.3) is 0 Å². The molecule has 0 radical (unpaired) electrons. The van der Waals surface area contributed by atoms with E-state index in [9.17, 15) is 19.5 Å². The number of nitrogens with one attached hydrogen (secondary N) is 3. The minimum Gasteiger partial charge on any atom is -0.480 e. The molecule has 0 aromatic heterocycles. The largest absolute Gasteiger partial charge is 0.480 e. The van der Waals surface area contributed by atoms with Crippen molar-refractivity contribution in [2.75, 3.05) is 13.1 Å². The monoisotopic (exact) mass is 343 g/mol. The molecule has 0 unspecified atom stereocenters. The van der Waals surface area contributed by atoms with Crippen LogP contribution in [0, 0.1) is 5.41 Å². The molecule has 0 heterocycles. The van der Waals surface area contributed by atoms with Crippen molar-refractivity contribution < 1.29 is 19.5 Å². The van der Waals surface area contributed by atoms with E-state index in [1.54, 1.807) is 0 Å². The Hall–Kier alpha value is -1.63. The van der Waals surface area contributed by atoms with Crippen molar-refractivity contribution in [3.8, 4) is 0 Å². The molecule has 0 saturated heterocycles. The molecule has 0 aromatic carbocycles. The fourth-order valence-corrected chi connectivity index (χ4v) is 1.99. The first kappa shape index (κ1) is 22.4. The second-order valence-electron chi connectivity index (χ2n) is 8.26. The molecular formula is C17H33N3O4. The minimum absolute atomic E-state index is 0.0174. The summed E-state index contributed by atoms with van der Waals surface area (Å²) < 4.78 is 0. The Morgan fingerprint density at radius 1 is 0.958 bits per heavy atom. The average Bonchev–Trinajstić information content (AvgIpc) is 2.36. The van der Waals surface area contributed by atoms with E-state index in [0.29, 0.717) is 13.1 Å². The van der Waals surface area contributed by atoms with E-state index < -0.39 is 12.0 Å². The van der Waals surface area contributed by atoms with Gasteiger partial charge in [0.1, 0.15) is 6.04 Å². The Kier molecular flexibility index (Phi) is 8.96. The lowest BCUT2D eigenvalue weighted by atomic mass is 9.92. The zero-order chi connectivity index (χ0) is 19.0. The van der Waals surface area contributed by atoms with Crippen molar-refractivity contribution in [3.05, 3.63) is 0 Å². The van der Waals surface area contributed by atoms with Gasteiger partial charge < -0.3 is 21.1 Å². The normalized spacial score (nSPS) is 13.2. The van der Waals surface area contributed by atoms with Gasteiger partial charge in [-0.15, -0.1) is 0 Å². The van der Waals surface area contributed by atoms with E-state index in [1.165, 1.54) is 0 Å². The van der Waals surface area contributed by atoms with Crippen LogP contribution in [0.25, 0.3) is 0 Å². The van der Waals surface area contributed by atoms with E-state index >= 15 is 0 Å². The van der Waals surface area contributed by atoms with Crippen LogP contribution in [0.2, 0.25) is 0 Å². The van der Waals surface area contributed by atoms with E-state index in [1.807, 2.05) is 41.5 Å². The molecule has 4 N–H and O–H groups in total. The summed E-state index contributed by atoms with van der Waals surface area (Å²) in [5, 5.41) is 17.6. The maximum Gasteiger partial charge on any atom is 0.326 e. The third kappa shape index (κ3) is 12.9. The van der Waals surface area contributed by atoms with Crippen LogP contribution >= 0.6 is 0 Å². The van der Waals surface area contributed by atoms with Gasteiger partial charge in [0.15, 0.2) is 0 Å². The molecule has 0 aromatic rings. The molecule has 0 rings (SSSR count). The average molecular weight is 343 g/mol. The summed E-state index contributed by atoms with van der Waals surface area (Å²) in [6.07, 6.45) is 0.369. The zero-order valence-electron chi connectivity index (χ0n) is 15.8. The SMILES string of the molecule is CC(C)(C)CC(=O)N[C@@H](CCC(=O)NCCNC(C)(C)C)C(=O)O. The molecule has 0 bridgehead atoms. The number of carbonyl (C=O) groups is 3. The molecule has 0 aliphatic rings. The van der Waals surface area contributed by atoms with Crippen molar-refractivity contribution in [1.29, 1.82) is 0 Å². The molecule has 7 heteroatoms. The molecule has 2 amide bonds. The second-order valence-corrected chi connectivity index (χ2v) is 8.26.